The molecule has 2 rings (SSSR count). The van der Waals surface area contributed by atoms with Gasteiger partial charge >= 0.3 is 0 Å². The molecule has 1 atom stereocenters. The zero-order valence-corrected chi connectivity index (χ0v) is 12.5. The van der Waals surface area contributed by atoms with E-state index in [1.54, 1.807) is 18.2 Å². The van der Waals surface area contributed by atoms with E-state index in [4.69, 9.17) is 0 Å². The first-order chi connectivity index (χ1) is 10.1. The summed E-state index contributed by atoms with van der Waals surface area (Å²) in [6.07, 6.45) is 0.737. The summed E-state index contributed by atoms with van der Waals surface area (Å²) in [5.74, 6) is 0.159. The summed E-state index contributed by atoms with van der Waals surface area (Å²) in [5, 5.41) is 12.7. The zero-order valence-electron chi connectivity index (χ0n) is 12.5. The zero-order chi connectivity index (χ0) is 15.2. The lowest BCUT2D eigenvalue weighted by molar-refractivity contribution is 0.474. The van der Waals surface area contributed by atoms with E-state index < -0.39 is 0 Å². The average molecular weight is 287 g/mol. The third-order valence-corrected chi connectivity index (χ3v) is 3.54. The average Bonchev–Trinajstić information content (AvgIpc) is 2.46. The lowest BCUT2D eigenvalue weighted by Crippen LogP contribution is -2.29. The molecule has 2 aromatic carbocycles. The second-order valence-electron chi connectivity index (χ2n) is 5.65. The molecule has 0 heterocycles. The number of aromatic hydroxyl groups is 1. The van der Waals surface area contributed by atoms with Crippen molar-refractivity contribution < 1.29 is 9.50 Å². The molecule has 0 aliphatic rings. The van der Waals surface area contributed by atoms with Crippen LogP contribution in [0.25, 0.3) is 0 Å². The van der Waals surface area contributed by atoms with Gasteiger partial charge in [0.1, 0.15) is 11.6 Å². The molecular weight excluding hydrogens is 265 g/mol. The summed E-state index contributed by atoms with van der Waals surface area (Å²) >= 11 is 0. The molecule has 0 amide bonds. The highest BCUT2D eigenvalue weighted by Crippen LogP contribution is 2.24. The highest BCUT2D eigenvalue weighted by Gasteiger charge is 2.16. The number of hydrogen-bond donors (Lipinski definition) is 2. The number of halogens is 1. The Bertz CT molecular complexity index is 566. The Morgan fingerprint density at radius 2 is 1.71 bits per heavy atom. The Kier molecular flexibility index (Phi) is 5.34. The predicted molar refractivity (Wildman–Crippen MR) is 84.1 cm³/mol. The molecule has 0 aliphatic carbocycles. The van der Waals surface area contributed by atoms with Gasteiger partial charge in [0.2, 0.25) is 0 Å². The van der Waals surface area contributed by atoms with Gasteiger partial charge in [0.05, 0.1) is 0 Å². The molecule has 0 aromatic heterocycles. The Hall–Kier alpha value is -1.87. The number of hydrogen-bond acceptors (Lipinski definition) is 2. The van der Waals surface area contributed by atoms with Crippen molar-refractivity contribution in [1.29, 1.82) is 0 Å². The van der Waals surface area contributed by atoms with Crippen LogP contribution in [0.5, 0.6) is 5.75 Å². The fourth-order valence-corrected chi connectivity index (χ4v) is 2.39. The van der Waals surface area contributed by atoms with Gasteiger partial charge in [0.15, 0.2) is 0 Å². The molecule has 0 bridgehead atoms. The SMILES string of the molecule is CC(C)NCC(Cc1ccc(O)cc1)c1ccccc1F. The summed E-state index contributed by atoms with van der Waals surface area (Å²) < 4.78 is 14.1. The van der Waals surface area contributed by atoms with E-state index >= 15 is 0 Å². The molecule has 112 valence electrons. The van der Waals surface area contributed by atoms with Crippen LogP contribution in [0.3, 0.4) is 0 Å². The van der Waals surface area contributed by atoms with Crippen LogP contribution >= 0.6 is 0 Å². The number of rotatable bonds is 6. The highest BCUT2D eigenvalue weighted by atomic mass is 19.1. The minimum atomic E-state index is -0.160. The van der Waals surface area contributed by atoms with Crippen molar-refractivity contribution in [3.8, 4) is 5.75 Å². The number of nitrogens with one attached hydrogen (secondary N) is 1. The molecule has 0 aliphatic heterocycles. The molecule has 0 fully saturated rings. The second kappa shape index (κ2) is 7.23. The maximum atomic E-state index is 14.1. The van der Waals surface area contributed by atoms with Crippen molar-refractivity contribution in [3.05, 3.63) is 65.5 Å². The van der Waals surface area contributed by atoms with Crippen LogP contribution in [0, 0.1) is 5.82 Å². The van der Waals surface area contributed by atoms with Gasteiger partial charge in [-0.1, -0.05) is 44.2 Å². The fourth-order valence-electron chi connectivity index (χ4n) is 2.39. The van der Waals surface area contributed by atoms with Crippen LogP contribution < -0.4 is 5.32 Å². The first-order valence-electron chi connectivity index (χ1n) is 7.32. The van der Waals surface area contributed by atoms with Gasteiger partial charge in [-0.25, -0.2) is 4.39 Å². The minimum Gasteiger partial charge on any atom is -0.508 e. The van der Waals surface area contributed by atoms with E-state index in [0.29, 0.717) is 6.04 Å². The standard InChI is InChI=1S/C18H22FNO/c1-13(2)20-12-15(17-5-3-4-6-18(17)19)11-14-7-9-16(21)10-8-14/h3-10,13,15,20-21H,11-12H2,1-2H3. The fraction of sp³-hybridized carbons (Fsp3) is 0.333. The van der Waals surface area contributed by atoms with Gasteiger partial charge in [-0.2, -0.15) is 0 Å². The summed E-state index contributed by atoms with van der Waals surface area (Å²) in [6, 6.07) is 14.4. The molecule has 1 unspecified atom stereocenters. The van der Waals surface area contributed by atoms with Gasteiger partial charge in [0.25, 0.3) is 0 Å². The first-order valence-corrected chi connectivity index (χ1v) is 7.32. The van der Waals surface area contributed by atoms with Gasteiger partial charge < -0.3 is 10.4 Å². The summed E-state index contributed by atoms with van der Waals surface area (Å²) in [4.78, 5) is 0. The number of phenols is 1. The van der Waals surface area contributed by atoms with Crippen LogP contribution in [0.2, 0.25) is 0 Å². The monoisotopic (exact) mass is 287 g/mol. The molecule has 0 saturated heterocycles. The third-order valence-electron chi connectivity index (χ3n) is 3.54. The van der Waals surface area contributed by atoms with Crippen molar-refractivity contribution in [2.75, 3.05) is 6.54 Å². The van der Waals surface area contributed by atoms with E-state index in [9.17, 15) is 9.50 Å². The summed E-state index contributed by atoms with van der Waals surface area (Å²) in [6.45, 7) is 4.89. The lowest BCUT2D eigenvalue weighted by Gasteiger charge is -2.20. The van der Waals surface area contributed by atoms with E-state index in [1.165, 1.54) is 6.07 Å². The molecule has 21 heavy (non-hydrogen) atoms. The largest absolute Gasteiger partial charge is 0.508 e. The van der Waals surface area contributed by atoms with E-state index in [1.807, 2.05) is 24.3 Å². The van der Waals surface area contributed by atoms with Crippen molar-refractivity contribution in [2.24, 2.45) is 0 Å². The maximum Gasteiger partial charge on any atom is 0.126 e. The summed E-state index contributed by atoms with van der Waals surface area (Å²) in [7, 11) is 0. The van der Waals surface area contributed by atoms with Gasteiger partial charge in [-0.15, -0.1) is 0 Å². The van der Waals surface area contributed by atoms with Crippen LogP contribution in [-0.4, -0.2) is 17.7 Å². The van der Waals surface area contributed by atoms with Crippen LogP contribution in [0.1, 0.15) is 30.9 Å². The predicted octanol–water partition coefficient (Wildman–Crippen LogP) is 3.86. The molecule has 2 aromatic rings. The van der Waals surface area contributed by atoms with E-state index in [2.05, 4.69) is 19.2 Å². The Balaban J connectivity index is 2.19. The Morgan fingerprint density at radius 1 is 1.05 bits per heavy atom. The van der Waals surface area contributed by atoms with Gasteiger partial charge in [-0.05, 0) is 35.7 Å². The van der Waals surface area contributed by atoms with Crippen molar-refractivity contribution in [2.45, 2.75) is 32.2 Å². The van der Waals surface area contributed by atoms with Crippen LogP contribution in [0.4, 0.5) is 4.39 Å². The molecule has 0 spiro atoms. The summed E-state index contributed by atoms with van der Waals surface area (Å²) in [5.41, 5.74) is 1.82. The third kappa shape index (κ3) is 4.57. The molecule has 0 radical (unpaired) electrons. The Morgan fingerprint density at radius 3 is 2.33 bits per heavy atom. The second-order valence-corrected chi connectivity index (χ2v) is 5.65. The first kappa shape index (κ1) is 15.5. The van der Waals surface area contributed by atoms with Crippen molar-refractivity contribution >= 4 is 0 Å². The molecule has 2 N–H and O–H groups in total. The minimum absolute atomic E-state index is 0.0677. The normalized spacial score (nSPS) is 12.6. The molecular formula is C18H22FNO. The van der Waals surface area contributed by atoms with Crippen molar-refractivity contribution in [3.63, 3.8) is 0 Å². The Labute approximate surface area is 125 Å². The lowest BCUT2D eigenvalue weighted by atomic mass is 9.91. The van der Waals surface area contributed by atoms with Gasteiger partial charge in [-0.3, -0.25) is 0 Å². The highest BCUT2D eigenvalue weighted by molar-refractivity contribution is 5.29. The smallest absolute Gasteiger partial charge is 0.126 e. The molecule has 0 saturated carbocycles. The van der Waals surface area contributed by atoms with Gasteiger partial charge in [0, 0.05) is 18.5 Å². The van der Waals surface area contributed by atoms with Crippen LogP contribution in [-0.2, 0) is 6.42 Å². The number of phenolic OH excluding ortho intramolecular Hbond substituents is 1. The molecule has 2 nitrogen and oxygen atoms in total. The van der Waals surface area contributed by atoms with E-state index in [-0.39, 0.29) is 17.5 Å². The molecule has 3 heteroatoms. The quantitative estimate of drug-likeness (QED) is 0.845. The van der Waals surface area contributed by atoms with Crippen LogP contribution in [0.15, 0.2) is 48.5 Å². The topological polar surface area (TPSA) is 32.3 Å². The maximum absolute atomic E-state index is 14.1. The number of benzene rings is 2. The van der Waals surface area contributed by atoms with Crippen molar-refractivity contribution in [1.82, 2.24) is 5.32 Å². The van der Waals surface area contributed by atoms with E-state index in [0.717, 1.165) is 24.1 Å².